The van der Waals surface area contributed by atoms with Crippen LogP contribution in [0.5, 0.6) is 11.5 Å². The smallest absolute Gasteiger partial charge is 0.249 e. The van der Waals surface area contributed by atoms with E-state index in [-0.39, 0.29) is 31.3 Å². The number of hydrogen-bond donors (Lipinski definition) is 0. The zero-order valence-corrected chi connectivity index (χ0v) is 15.3. The molecule has 0 saturated heterocycles. The molecule has 1 fully saturated rings. The Labute approximate surface area is 148 Å². The highest BCUT2D eigenvalue weighted by molar-refractivity contribution is 5.79. The molecule has 0 heterocycles. The average molecular weight is 353 g/mol. The lowest BCUT2D eigenvalue weighted by Gasteiger charge is -2.25. The fourth-order valence-electron chi connectivity index (χ4n) is 3.24. The molecule has 7 heteroatoms. The predicted octanol–water partition coefficient (Wildman–Crippen LogP) is 2.56. The zero-order valence-electron chi connectivity index (χ0n) is 15.3. The first-order valence-electron chi connectivity index (χ1n) is 8.31. The SMILES string of the molecule is COCOc1ccc(OCOC)c(C2CCCC2C(=O)N(C)OC)c1. The van der Waals surface area contributed by atoms with Crippen molar-refractivity contribution in [3.05, 3.63) is 23.8 Å². The molecular formula is C18H27NO6. The highest BCUT2D eigenvalue weighted by Crippen LogP contribution is 2.45. The Morgan fingerprint density at radius 3 is 2.52 bits per heavy atom. The lowest BCUT2D eigenvalue weighted by Crippen LogP contribution is -2.33. The third-order valence-corrected chi connectivity index (χ3v) is 4.47. The second-order valence-corrected chi connectivity index (χ2v) is 5.96. The Bertz CT molecular complexity index is 564. The van der Waals surface area contributed by atoms with Gasteiger partial charge in [-0.15, -0.1) is 0 Å². The van der Waals surface area contributed by atoms with Gasteiger partial charge < -0.3 is 18.9 Å². The van der Waals surface area contributed by atoms with Gasteiger partial charge in [0.2, 0.25) is 5.91 Å². The molecule has 1 amide bonds. The maximum atomic E-state index is 12.6. The lowest BCUT2D eigenvalue weighted by atomic mass is 9.87. The van der Waals surface area contributed by atoms with Crippen LogP contribution in [0.1, 0.15) is 30.7 Å². The van der Waals surface area contributed by atoms with Crippen LogP contribution in [0, 0.1) is 5.92 Å². The van der Waals surface area contributed by atoms with Crippen molar-refractivity contribution in [3.63, 3.8) is 0 Å². The first-order chi connectivity index (χ1) is 12.1. The molecule has 140 valence electrons. The summed E-state index contributed by atoms with van der Waals surface area (Å²) in [5.41, 5.74) is 0.950. The summed E-state index contributed by atoms with van der Waals surface area (Å²) in [5.74, 6) is 1.26. The molecule has 0 N–H and O–H groups in total. The standard InChI is InChI=1S/C18H27NO6/c1-19(23-4)18(20)15-7-5-6-14(15)16-10-13(24-11-21-2)8-9-17(16)25-12-22-3/h8-10,14-15H,5-7,11-12H2,1-4H3. The first-order valence-corrected chi connectivity index (χ1v) is 8.31. The summed E-state index contributed by atoms with van der Waals surface area (Å²) >= 11 is 0. The van der Waals surface area contributed by atoms with Crippen molar-refractivity contribution in [1.29, 1.82) is 0 Å². The van der Waals surface area contributed by atoms with Gasteiger partial charge in [-0.05, 0) is 37.0 Å². The molecular weight excluding hydrogens is 326 g/mol. The molecule has 2 rings (SSSR count). The van der Waals surface area contributed by atoms with E-state index in [1.54, 1.807) is 21.3 Å². The van der Waals surface area contributed by atoms with Gasteiger partial charge in [0.15, 0.2) is 13.6 Å². The van der Waals surface area contributed by atoms with Crippen LogP contribution in [-0.4, -0.2) is 52.9 Å². The summed E-state index contributed by atoms with van der Waals surface area (Å²) in [6, 6.07) is 5.59. The maximum Gasteiger partial charge on any atom is 0.249 e. The molecule has 7 nitrogen and oxygen atoms in total. The quantitative estimate of drug-likeness (QED) is 0.502. The summed E-state index contributed by atoms with van der Waals surface area (Å²) in [5, 5.41) is 1.30. The fraction of sp³-hybridized carbons (Fsp3) is 0.611. The third-order valence-electron chi connectivity index (χ3n) is 4.47. The van der Waals surface area contributed by atoms with Crippen LogP contribution in [-0.2, 0) is 19.1 Å². The Balaban J connectivity index is 2.30. The molecule has 0 aliphatic heterocycles. The summed E-state index contributed by atoms with van der Waals surface area (Å²) in [7, 11) is 6.28. The number of hydrogen-bond acceptors (Lipinski definition) is 6. The maximum absolute atomic E-state index is 12.6. The van der Waals surface area contributed by atoms with Crippen LogP contribution in [0.15, 0.2) is 18.2 Å². The Hall–Kier alpha value is -1.83. The number of methoxy groups -OCH3 is 2. The summed E-state index contributed by atoms with van der Waals surface area (Å²) in [6.45, 7) is 0.311. The Morgan fingerprint density at radius 2 is 1.84 bits per heavy atom. The van der Waals surface area contributed by atoms with Crippen molar-refractivity contribution in [1.82, 2.24) is 5.06 Å². The number of carbonyl (C=O) groups excluding carboxylic acids is 1. The van der Waals surface area contributed by atoms with E-state index in [9.17, 15) is 4.79 Å². The van der Waals surface area contributed by atoms with Crippen molar-refractivity contribution in [2.24, 2.45) is 5.92 Å². The molecule has 0 radical (unpaired) electrons. The highest BCUT2D eigenvalue weighted by Gasteiger charge is 2.37. The Morgan fingerprint density at radius 1 is 1.12 bits per heavy atom. The van der Waals surface area contributed by atoms with Gasteiger partial charge >= 0.3 is 0 Å². The van der Waals surface area contributed by atoms with Gasteiger partial charge in [0, 0.05) is 32.7 Å². The highest BCUT2D eigenvalue weighted by atomic mass is 16.7. The summed E-state index contributed by atoms with van der Waals surface area (Å²) < 4.78 is 21.2. The van der Waals surface area contributed by atoms with Crippen LogP contribution in [0.2, 0.25) is 0 Å². The number of benzene rings is 1. The normalized spacial score (nSPS) is 19.7. The van der Waals surface area contributed by atoms with Crippen molar-refractivity contribution in [3.8, 4) is 11.5 Å². The van der Waals surface area contributed by atoms with Crippen molar-refractivity contribution in [2.45, 2.75) is 25.2 Å². The average Bonchev–Trinajstić information content (AvgIpc) is 3.13. The van der Waals surface area contributed by atoms with Crippen molar-refractivity contribution < 1.29 is 28.6 Å². The third kappa shape index (κ3) is 4.84. The minimum Gasteiger partial charge on any atom is -0.468 e. The van der Waals surface area contributed by atoms with Crippen molar-refractivity contribution >= 4 is 5.91 Å². The monoisotopic (exact) mass is 353 g/mol. The number of carbonyl (C=O) groups is 1. The van der Waals surface area contributed by atoms with Crippen LogP contribution in [0.3, 0.4) is 0 Å². The Kier molecular flexibility index (Phi) is 7.49. The van der Waals surface area contributed by atoms with Gasteiger partial charge in [-0.3, -0.25) is 9.63 Å². The first kappa shape index (κ1) is 19.5. The summed E-state index contributed by atoms with van der Waals surface area (Å²) in [6.07, 6.45) is 2.71. The van der Waals surface area contributed by atoms with E-state index in [4.69, 9.17) is 23.8 Å². The van der Waals surface area contributed by atoms with Crippen LogP contribution in [0.4, 0.5) is 0 Å². The van der Waals surface area contributed by atoms with Crippen LogP contribution in [0.25, 0.3) is 0 Å². The van der Waals surface area contributed by atoms with Gasteiger partial charge in [0.1, 0.15) is 11.5 Å². The number of nitrogens with zero attached hydrogens (tertiary/aromatic N) is 1. The molecule has 1 aliphatic rings. The fourth-order valence-corrected chi connectivity index (χ4v) is 3.24. The van der Waals surface area contributed by atoms with Crippen LogP contribution < -0.4 is 9.47 Å². The van der Waals surface area contributed by atoms with Gasteiger partial charge in [-0.25, -0.2) is 5.06 Å². The number of hydroxylamine groups is 2. The van der Waals surface area contributed by atoms with E-state index in [0.29, 0.717) is 11.5 Å². The van der Waals surface area contributed by atoms with E-state index in [1.807, 2.05) is 18.2 Å². The molecule has 1 aliphatic carbocycles. The van der Waals surface area contributed by atoms with Crippen LogP contribution >= 0.6 is 0 Å². The molecule has 2 unspecified atom stereocenters. The van der Waals surface area contributed by atoms with Gasteiger partial charge in [-0.2, -0.15) is 0 Å². The van der Waals surface area contributed by atoms with Gasteiger partial charge in [0.05, 0.1) is 7.11 Å². The largest absolute Gasteiger partial charge is 0.468 e. The van der Waals surface area contributed by atoms with Crippen molar-refractivity contribution in [2.75, 3.05) is 42.0 Å². The molecule has 25 heavy (non-hydrogen) atoms. The van der Waals surface area contributed by atoms with Gasteiger partial charge in [0.25, 0.3) is 0 Å². The van der Waals surface area contributed by atoms with E-state index in [0.717, 1.165) is 24.8 Å². The lowest BCUT2D eigenvalue weighted by molar-refractivity contribution is -0.173. The molecule has 1 aromatic carbocycles. The molecule has 1 aromatic rings. The molecule has 0 aromatic heterocycles. The van der Waals surface area contributed by atoms with E-state index < -0.39 is 0 Å². The van der Waals surface area contributed by atoms with E-state index in [2.05, 4.69) is 0 Å². The second-order valence-electron chi connectivity index (χ2n) is 5.96. The predicted molar refractivity (Wildman–Crippen MR) is 91.3 cm³/mol. The number of ether oxygens (including phenoxy) is 4. The molecule has 0 spiro atoms. The molecule has 1 saturated carbocycles. The number of rotatable bonds is 9. The molecule has 0 bridgehead atoms. The van der Waals surface area contributed by atoms with Gasteiger partial charge in [-0.1, -0.05) is 6.42 Å². The minimum absolute atomic E-state index is 0.0223. The van der Waals surface area contributed by atoms with E-state index >= 15 is 0 Å². The summed E-state index contributed by atoms with van der Waals surface area (Å²) in [4.78, 5) is 17.7. The molecule has 2 atom stereocenters. The second kappa shape index (κ2) is 9.60. The minimum atomic E-state index is -0.146. The van der Waals surface area contributed by atoms with E-state index in [1.165, 1.54) is 12.2 Å². The topological polar surface area (TPSA) is 66.5 Å². The zero-order chi connectivity index (χ0) is 18.2. The number of amides is 1.